The van der Waals surface area contributed by atoms with Crippen molar-refractivity contribution in [3.63, 3.8) is 0 Å². The Bertz CT molecular complexity index is 653. The van der Waals surface area contributed by atoms with Crippen molar-refractivity contribution >= 4 is 5.91 Å². The molecular formula is C20H25NO3. The molecule has 4 nitrogen and oxygen atoms in total. The molecule has 0 radical (unpaired) electrons. The molecule has 2 rings (SSSR count). The molecule has 0 aliphatic rings. The molecule has 1 amide bonds. The first-order valence-corrected chi connectivity index (χ1v) is 8.32. The number of carbonyl (C=O) groups is 1. The maximum atomic E-state index is 12.3. The van der Waals surface area contributed by atoms with E-state index in [1.807, 2.05) is 37.3 Å². The van der Waals surface area contributed by atoms with Crippen LogP contribution in [0, 0.1) is 5.92 Å². The van der Waals surface area contributed by atoms with Gasteiger partial charge in [-0.2, -0.15) is 0 Å². The third kappa shape index (κ3) is 5.30. The van der Waals surface area contributed by atoms with Crippen molar-refractivity contribution < 1.29 is 14.3 Å². The van der Waals surface area contributed by atoms with Crippen LogP contribution in [0.15, 0.2) is 48.5 Å². The lowest BCUT2D eigenvalue weighted by atomic mass is 10.1. The van der Waals surface area contributed by atoms with Gasteiger partial charge in [0.1, 0.15) is 0 Å². The summed E-state index contributed by atoms with van der Waals surface area (Å²) in [6, 6.07) is 15.1. The SMILES string of the molecule is CCOc1cc(C(=O)NCc2ccccc2)ccc1OCC(C)C. The molecular weight excluding hydrogens is 302 g/mol. The largest absolute Gasteiger partial charge is 0.490 e. The Balaban J connectivity index is 2.06. The van der Waals surface area contributed by atoms with Gasteiger partial charge in [-0.05, 0) is 36.6 Å². The Morgan fingerprint density at radius 2 is 1.79 bits per heavy atom. The molecule has 2 aromatic carbocycles. The first-order chi connectivity index (χ1) is 11.6. The van der Waals surface area contributed by atoms with Crippen LogP contribution < -0.4 is 14.8 Å². The standard InChI is InChI=1S/C20H25NO3/c1-4-23-19-12-17(10-11-18(19)24-14-15(2)3)20(22)21-13-16-8-6-5-7-9-16/h5-12,15H,4,13-14H2,1-3H3,(H,21,22). The van der Waals surface area contributed by atoms with Gasteiger partial charge in [0.15, 0.2) is 11.5 Å². The summed E-state index contributed by atoms with van der Waals surface area (Å²) < 4.78 is 11.4. The molecule has 0 fully saturated rings. The number of rotatable bonds is 8. The second kappa shape index (κ2) is 8.96. The first kappa shape index (κ1) is 17.9. The number of hydrogen-bond donors (Lipinski definition) is 1. The summed E-state index contributed by atoms with van der Waals surface area (Å²) in [5.74, 6) is 1.57. The van der Waals surface area contributed by atoms with E-state index in [4.69, 9.17) is 9.47 Å². The van der Waals surface area contributed by atoms with Gasteiger partial charge in [-0.3, -0.25) is 4.79 Å². The molecule has 0 heterocycles. The van der Waals surface area contributed by atoms with Gasteiger partial charge in [0.05, 0.1) is 13.2 Å². The normalized spacial score (nSPS) is 10.5. The zero-order valence-corrected chi connectivity index (χ0v) is 14.5. The number of ether oxygens (including phenoxy) is 2. The topological polar surface area (TPSA) is 47.6 Å². The molecule has 0 saturated heterocycles. The number of amides is 1. The molecule has 0 aliphatic heterocycles. The second-order valence-electron chi connectivity index (χ2n) is 5.97. The lowest BCUT2D eigenvalue weighted by Crippen LogP contribution is -2.22. The van der Waals surface area contributed by atoms with Crippen molar-refractivity contribution in [3.05, 3.63) is 59.7 Å². The molecule has 0 unspecified atom stereocenters. The van der Waals surface area contributed by atoms with Crippen LogP contribution in [0.1, 0.15) is 36.7 Å². The van der Waals surface area contributed by atoms with Gasteiger partial charge < -0.3 is 14.8 Å². The van der Waals surface area contributed by atoms with Crippen LogP contribution in [-0.4, -0.2) is 19.1 Å². The summed E-state index contributed by atoms with van der Waals surface area (Å²) in [4.78, 5) is 12.3. The van der Waals surface area contributed by atoms with E-state index in [9.17, 15) is 4.79 Å². The third-order valence-electron chi connectivity index (χ3n) is 3.37. The summed E-state index contributed by atoms with van der Waals surface area (Å²) in [6.07, 6.45) is 0. The minimum Gasteiger partial charge on any atom is -0.490 e. The summed E-state index contributed by atoms with van der Waals surface area (Å²) in [7, 11) is 0. The predicted octanol–water partition coefficient (Wildman–Crippen LogP) is 4.05. The van der Waals surface area contributed by atoms with Crippen LogP contribution in [0.2, 0.25) is 0 Å². The Kier molecular flexibility index (Phi) is 6.67. The van der Waals surface area contributed by atoms with Crippen molar-refractivity contribution in [2.24, 2.45) is 5.92 Å². The van der Waals surface area contributed by atoms with Gasteiger partial charge >= 0.3 is 0 Å². The van der Waals surface area contributed by atoms with Crippen molar-refractivity contribution in [1.29, 1.82) is 0 Å². The molecule has 0 saturated carbocycles. The fraction of sp³-hybridized carbons (Fsp3) is 0.350. The number of nitrogens with one attached hydrogen (secondary N) is 1. The monoisotopic (exact) mass is 327 g/mol. The van der Waals surface area contributed by atoms with E-state index in [0.29, 0.717) is 42.7 Å². The van der Waals surface area contributed by atoms with Crippen LogP contribution >= 0.6 is 0 Å². The molecule has 4 heteroatoms. The lowest BCUT2D eigenvalue weighted by Gasteiger charge is -2.14. The van der Waals surface area contributed by atoms with Crippen molar-refractivity contribution in [3.8, 4) is 11.5 Å². The average molecular weight is 327 g/mol. The molecule has 0 spiro atoms. The van der Waals surface area contributed by atoms with Gasteiger partial charge in [-0.25, -0.2) is 0 Å². The Morgan fingerprint density at radius 3 is 2.46 bits per heavy atom. The maximum Gasteiger partial charge on any atom is 0.251 e. The number of hydrogen-bond acceptors (Lipinski definition) is 3. The summed E-state index contributed by atoms with van der Waals surface area (Å²) >= 11 is 0. The Labute approximate surface area is 143 Å². The highest BCUT2D eigenvalue weighted by Gasteiger charge is 2.12. The Hall–Kier alpha value is -2.49. The fourth-order valence-corrected chi connectivity index (χ4v) is 2.17. The van der Waals surface area contributed by atoms with Gasteiger partial charge in [-0.15, -0.1) is 0 Å². The van der Waals surface area contributed by atoms with Gasteiger partial charge in [-0.1, -0.05) is 44.2 Å². The van der Waals surface area contributed by atoms with E-state index in [-0.39, 0.29) is 5.91 Å². The first-order valence-electron chi connectivity index (χ1n) is 8.32. The van der Waals surface area contributed by atoms with E-state index in [1.165, 1.54) is 0 Å². The fourth-order valence-electron chi connectivity index (χ4n) is 2.17. The highest BCUT2D eigenvalue weighted by molar-refractivity contribution is 5.94. The third-order valence-corrected chi connectivity index (χ3v) is 3.37. The van der Waals surface area contributed by atoms with Crippen molar-refractivity contribution in [2.75, 3.05) is 13.2 Å². The lowest BCUT2D eigenvalue weighted by molar-refractivity contribution is 0.0950. The van der Waals surface area contributed by atoms with Crippen molar-refractivity contribution in [2.45, 2.75) is 27.3 Å². The molecule has 128 valence electrons. The smallest absolute Gasteiger partial charge is 0.251 e. The second-order valence-corrected chi connectivity index (χ2v) is 5.97. The van der Waals surface area contributed by atoms with Crippen LogP contribution in [0.3, 0.4) is 0 Å². The maximum absolute atomic E-state index is 12.3. The Morgan fingerprint density at radius 1 is 1.04 bits per heavy atom. The molecule has 1 N–H and O–H groups in total. The van der Waals surface area contributed by atoms with Crippen LogP contribution in [-0.2, 0) is 6.54 Å². The van der Waals surface area contributed by atoms with E-state index >= 15 is 0 Å². The van der Waals surface area contributed by atoms with Gasteiger partial charge in [0.2, 0.25) is 0 Å². The highest BCUT2D eigenvalue weighted by Crippen LogP contribution is 2.29. The zero-order chi connectivity index (χ0) is 17.4. The van der Waals surface area contributed by atoms with Gasteiger partial charge in [0.25, 0.3) is 5.91 Å². The van der Waals surface area contributed by atoms with E-state index in [1.54, 1.807) is 18.2 Å². The van der Waals surface area contributed by atoms with Crippen LogP contribution in [0.4, 0.5) is 0 Å². The highest BCUT2D eigenvalue weighted by atomic mass is 16.5. The molecule has 0 aliphatic carbocycles. The van der Waals surface area contributed by atoms with Crippen molar-refractivity contribution in [1.82, 2.24) is 5.32 Å². The zero-order valence-electron chi connectivity index (χ0n) is 14.5. The molecule has 0 atom stereocenters. The summed E-state index contributed by atoms with van der Waals surface area (Å²) in [5.41, 5.74) is 1.62. The van der Waals surface area contributed by atoms with E-state index in [0.717, 1.165) is 5.56 Å². The molecule has 24 heavy (non-hydrogen) atoms. The van der Waals surface area contributed by atoms with Crippen LogP contribution in [0.5, 0.6) is 11.5 Å². The molecule has 2 aromatic rings. The number of carbonyl (C=O) groups excluding carboxylic acids is 1. The summed E-state index contributed by atoms with van der Waals surface area (Å²) in [6.45, 7) is 7.72. The van der Waals surface area contributed by atoms with Gasteiger partial charge in [0, 0.05) is 12.1 Å². The van der Waals surface area contributed by atoms with E-state index < -0.39 is 0 Å². The predicted molar refractivity (Wildman–Crippen MR) is 95.6 cm³/mol. The average Bonchev–Trinajstić information content (AvgIpc) is 2.59. The van der Waals surface area contributed by atoms with Crippen LogP contribution in [0.25, 0.3) is 0 Å². The minimum atomic E-state index is -0.129. The quantitative estimate of drug-likeness (QED) is 0.795. The minimum absolute atomic E-state index is 0.129. The summed E-state index contributed by atoms with van der Waals surface area (Å²) in [5, 5.41) is 2.92. The molecule has 0 aromatic heterocycles. The molecule has 0 bridgehead atoms. The number of benzene rings is 2. The van der Waals surface area contributed by atoms with E-state index in [2.05, 4.69) is 19.2 Å².